The van der Waals surface area contributed by atoms with Crippen LogP contribution in [0.3, 0.4) is 0 Å². The first-order valence-corrected chi connectivity index (χ1v) is 13.1. The number of aliphatic carboxylic acids is 2. The minimum Gasteiger partial charge on any atom is -0.492 e. The van der Waals surface area contributed by atoms with Gasteiger partial charge in [-0.15, -0.1) is 0 Å². The minimum atomic E-state index is -2.27. The number of ether oxygens (including phenoxy) is 2. The molecule has 5 rings (SSSR count). The molecule has 1 aliphatic carbocycles. The van der Waals surface area contributed by atoms with Crippen molar-refractivity contribution in [1.82, 2.24) is 10.2 Å². The van der Waals surface area contributed by atoms with Gasteiger partial charge in [-0.25, -0.2) is 9.59 Å². The Morgan fingerprint density at radius 2 is 1.66 bits per heavy atom. The molecule has 1 saturated carbocycles. The highest BCUT2D eigenvalue weighted by atomic mass is 16.5. The molecule has 1 amide bonds. The lowest BCUT2D eigenvalue weighted by Crippen LogP contribution is -2.39. The van der Waals surface area contributed by atoms with Crippen LogP contribution in [0.2, 0.25) is 0 Å². The summed E-state index contributed by atoms with van der Waals surface area (Å²) in [5, 5.41) is 35.7. The quantitative estimate of drug-likeness (QED) is 0.242. The van der Waals surface area contributed by atoms with E-state index in [1.54, 1.807) is 6.07 Å². The Hall–Kier alpha value is -2.93. The zero-order valence-electron chi connectivity index (χ0n) is 21.3. The van der Waals surface area contributed by atoms with E-state index in [9.17, 15) is 14.4 Å². The van der Waals surface area contributed by atoms with Crippen LogP contribution in [0, 0.1) is 23.7 Å². The first-order chi connectivity index (χ1) is 18.2. The van der Waals surface area contributed by atoms with Crippen molar-refractivity contribution in [2.45, 2.75) is 37.9 Å². The number of nitrogens with zero attached hydrogens (tertiary/aromatic N) is 1. The molecule has 12 heteroatoms. The van der Waals surface area contributed by atoms with Crippen molar-refractivity contribution in [1.29, 1.82) is 0 Å². The summed E-state index contributed by atoms with van der Waals surface area (Å²) in [6, 6.07) is 3.64. The Morgan fingerprint density at radius 1 is 1.03 bits per heavy atom. The predicted molar refractivity (Wildman–Crippen MR) is 135 cm³/mol. The van der Waals surface area contributed by atoms with Gasteiger partial charge in [0.1, 0.15) is 5.75 Å². The van der Waals surface area contributed by atoms with Crippen LogP contribution < -0.4 is 15.8 Å². The minimum absolute atomic E-state index is 0.0258. The monoisotopic (exact) mass is 535 g/mol. The van der Waals surface area contributed by atoms with Crippen LogP contribution in [0.15, 0.2) is 12.1 Å². The standard InChI is InChI=1S/C22H31N3O3.C4H6O6/c23-20-4-3-16(21-15(20)2-1-7-28-21)22(26)24-10-17-18-12-25(13-19(17)18)11-14-5-8-27-9-6-14;5-1(3(7)8)2(6)4(9)10/h3-4,14,17-19H,1-2,5-13,23H2,(H,24,26);1-2,5-6H,(H,7,8)(H,9,10). The molecule has 3 aliphatic heterocycles. The van der Waals surface area contributed by atoms with Gasteiger partial charge in [0.25, 0.3) is 5.91 Å². The third-order valence-corrected chi connectivity index (χ3v) is 7.97. The maximum atomic E-state index is 12.8. The second kappa shape index (κ2) is 12.3. The third-order valence-electron chi connectivity index (χ3n) is 7.97. The Balaban J connectivity index is 0.000000289. The summed E-state index contributed by atoms with van der Waals surface area (Å²) in [5.41, 5.74) is 8.42. The van der Waals surface area contributed by atoms with Crippen molar-refractivity contribution >= 4 is 23.5 Å². The number of carbonyl (C=O) groups is 3. The molecule has 38 heavy (non-hydrogen) atoms. The number of piperidine rings is 1. The second-order valence-corrected chi connectivity index (χ2v) is 10.5. The van der Waals surface area contributed by atoms with Gasteiger partial charge < -0.3 is 45.9 Å². The van der Waals surface area contributed by atoms with E-state index in [2.05, 4.69) is 10.2 Å². The number of aliphatic hydroxyl groups excluding tert-OH is 2. The van der Waals surface area contributed by atoms with E-state index in [1.165, 1.54) is 32.5 Å². The van der Waals surface area contributed by atoms with Crippen LogP contribution in [0.5, 0.6) is 5.75 Å². The summed E-state index contributed by atoms with van der Waals surface area (Å²) in [5.74, 6) is 0.101. The van der Waals surface area contributed by atoms with Gasteiger partial charge in [-0.3, -0.25) is 4.79 Å². The highest BCUT2D eigenvalue weighted by molar-refractivity contribution is 5.98. The molecule has 2 saturated heterocycles. The fourth-order valence-corrected chi connectivity index (χ4v) is 5.73. The topological polar surface area (TPSA) is 192 Å². The Labute approximate surface area is 220 Å². The zero-order chi connectivity index (χ0) is 27.4. The lowest BCUT2D eigenvalue weighted by atomic mass is 9.99. The molecule has 4 aliphatic rings. The van der Waals surface area contributed by atoms with Crippen molar-refractivity contribution < 1.29 is 44.3 Å². The van der Waals surface area contributed by atoms with Crippen molar-refractivity contribution in [3.8, 4) is 5.75 Å². The number of benzene rings is 1. The molecule has 12 nitrogen and oxygen atoms in total. The summed E-state index contributed by atoms with van der Waals surface area (Å²) >= 11 is 0. The molecule has 4 unspecified atom stereocenters. The summed E-state index contributed by atoms with van der Waals surface area (Å²) in [4.78, 5) is 34.9. The molecule has 0 aromatic heterocycles. The van der Waals surface area contributed by atoms with E-state index >= 15 is 0 Å². The number of hydrogen-bond acceptors (Lipinski definition) is 9. The van der Waals surface area contributed by atoms with E-state index < -0.39 is 24.1 Å². The van der Waals surface area contributed by atoms with Crippen LogP contribution in [0.4, 0.5) is 5.69 Å². The number of anilines is 1. The average molecular weight is 536 g/mol. The number of carboxylic acids is 2. The zero-order valence-corrected chi connectivity index (χ0v) is 21.3. The van der Waals surface area contributed by atoms with Crippen molar-refractivity contribution in [2.24, 2.45) is 23.7 Å². The van der Waals surface area contributed by atoms with Gasteiger partial charge in [0.15, 0.2) is 12.2 Å². The molecule has 0 bridgehead atoms. The Kier molecular flexibility index (Phi) is 9.08. The first-order valence-electron chi connectivity index (χ1n) is 13.1. The van der Waals surface area contributed by atoms with E-state index in [0.717, 1.165) is 61.6 Å². The number of amides is 1. The number of rotatable bonds is 8. The lowest BCUT2D eigenvalue weighted by Gasteiger charge is -2.28. The third kappa shape index (κ3) is 6.55. The van der Waals surface area contributed by atoms with Gasteiger partial charge in [-0.2, -0.15) is 0 Å². The normalized spacial score (nSPS) is 26.0. The maximum absolute atomic E-state index is 12.8. The van der Waals surface area contributed by atoms with Gasteiger partial charge in [-0.1, -0.05) is 0 Å². The van der Waals surface area contributed by atoms with E-state index in [4.69, 9.17) is 35.6 Å². The number of fused-ring (bicyclic) bond motifs is 2. The molecule has 0 spiro atoms. The SMILES string of the molecule is Nc1ccc(C(=O)NCC2C3CN(CC4CCOCC4)CC23)c2c1CCCO2.O=C(O)C(O)C(O)C(=O)O. The lowest BCUT2D eigenvalue weighted by molar-refractivity contribution is -0.165. The van der Waals surface area contributed by atoms with Crippen molar-refractivity contribution in [3.63, 3.8) is 0 Å². The summed E-state index contributed by atoms with van der Waals surface area (Å²) in [6.07, 6.45) is -0.274. The number of nitrogens with one attached hydrogen (secondary N) is 1. The van der Waals surface area contributed by atoms with Gasteiger partial charge >= 0.3 is 11.9 Å². The smallest absolute Gasteiger partial charge is 0.335 e. The van der Waals surface area contributed by atoms with Crippen molar-refractivity contribution in [3.05, 3.63) is 23.3 Å². The largest absolute Gasteiger partial charge is 0.492 e. The molecular weight excluding hydrogens is 498 g/mol. The summed E-state index contributed by atoms with van der Waals surface area (Å²) in [6.45, 7) is 6.91. The molecule has 1 aromatic carbocycles. The highest BCUT2D eigenvalue weighted by Crippen LogP contribution is 2.51. The molecule has 210 valence electrons. The van der Waals surface area contributed by atoms with Gasteiger partial charge in [0, 0.05) is 50.6 Å². The summed E-state index contributed by atoms with van der Waals surface area (Å²) in [7, 11) is 0. The van der Waals surface area contributed by atoms with Gasteiger partial charge in [-0.05, 0) is 61.5 Å². The Bertz CT molecular complexity index is 999. The van der Waals surface area contributed by atoms with Crippen LogP contribution in [-0.4, -0.2) is 101 Å². The average Bonchev–Trinajstić information content (AvgIpc) is 3.37. The molecule has 4 atom stereocenters. The number of nitrogens with two attached hydrogens (primary N) is 1. The number of carboxylic acid groups (broad SMARTS) is 2. The van der Waals surface area contributed by atoms with Crippen molar-refractivity contribution in [2.75, 3.05) is 51.7 Å². The number of aliphatic hydroxyl groups is 2. The van der Waals surface area contributed by atoms with E-state index in [0.29, 0.717) is 23.8 Å². The van der Waals surface area contributed by atoms with Crippen LogP contribution >= 0.6 is 0 Å². The summed E-state index contributed by atoms with van der Waals surface area (Å²) < 4.78 is 11.3. The van der Waals surface area contributed by atoms with Gasteiger partial charge in [0.2, 0.25) is 0 Å². The molecular formula is C26H37N3O9. The molecule has 3 heterocycles. The number of hydrogen-bond donors (Lipinski definition) is 6. The van der Waals surface area contributed by atoms with E-state index in [1.807, 2.05) is 6.07 Å². The fraction of sp³-hybridized carbons (Fsp3) is 0.654. The maximum Gasteiger partial charge on any atom is 0.335 e. The van der Waals surface area contributed by atoms with Crippen LogP contribution in [0.1, 0.15) is 35.2 Å². The fourth-order valence-electron chi connectivity index (χ4n) is 5.73. The van der Waals surface area contributed by atoms with Crippen LogP contribution in [0.25, 0.3) is 0 Å². The van der Waals surface area contributed by atoms with E-state index in [-0.39, 0.29) is 5.91 Å². The molecule has 7 N–H and O–H groups in total. The van der Waals surface area contributed by atoms with Crippen LogP contribution in [-0.2, 0) is 20.7 Å². The first kappa shape index (κ1) is 28.1. The number of carbonyl (C=O) groups excluding carboxylic acids is 1. The Morgan fingerprint density at radius 3 is 2.26 bits per heavy atom. The number of likely N-dealkylation sites (tertiary alicyclic amines) is 1. The predicted octanol–water partition coefficient (Wildman–Crippen LogP) is -0.195. The second-order valence-electron chi connectivity index (χ2n) is 10.5. The van der Waals surface area contributed by atoms with Gasteiger partial charge in [0.05, 0.1) is 12.2 Å². The molecule has 0 radical (unpaired) electrons. The molecule has 3 fully saturated rings. The number of nitrogen functional groups attached to an aromatic ring is 1. The molecule has 1 aromatic rings. The highest BCUT2D eigenvalue weighted by Gasteiger charge is 2.55.